The molecule has 0 saturated heterocycles. The van der Waals surface area contributed by atoms with Crippen LogP contribution in [0.3, 0.4) is 0 Å². The van der Waals surface area contributed by atoms with Crippen LogP contribution < -0.4 is 0 Å². The maximum atomic E-state index is 13.3. The van der Waals surface area contributed by atoms with Gasteiger partial charge in [-0.25, -0.2) is 4.98 Å². The molecule has 2 nitrogen and oxygen atoms in total. The van der Waals surface area contributed by atoms with E-state index < -0.39 is 17.3 Å². The summed E-state index contributed by atoms with van der Waals surface area (Å²) in [4.78, 5) is 4.25. The predicted molar refractivity (Wildman–Crippen MR) is 85.0 cm³/mol. The number of aryl methyl sites for hydroxylation is 1. The highest BCUT2D eigenvalue weighted by Crippen LogP contribution is 2.37. The Labute approximate surface area is 136 Å². The highest BCUT2D eigenvalue weighted by atomic mass is 32.2. The molecule has 1 heterocycles. The fourth-order valence-electron chi connectivity index (χ4n) is 1.97. The molecule has 0 bridgehead atoms. The zero-order chi connectivity index (χ0) is 17.0. The van der Waals surface area contributed by atoms with Gasteiger partial charge in [0.1, 0.15) is 11.1 Å². The van der Waals surface area contributed by atoms with Gasteiger partial charge < -0.3 is 0 Å². The lowest BCUT2D eigenvalue weighted by Gasteiger charge is -2.14. The molecule has 0 fully saturated rings. The van der Waals surface area contributed by atoms with E-state index in [0.717, 1.165) is 23.4 Å². The molecule has 0 atom stereocenters. The third kappa shape index (κ3) is 3.93. The molecule has 0 radical (unpaired) electrons. The van der Waals surface area contributed by atoms with Crippen LogP contribution in [0.1, 0.15) is 16.7 Å². The summed E-state index contributed by atoms with van der Waals surface area (Å²) in [5.41, 5.74) is 0.367. The third-order valence-electron chi connectivity index (χ3n) is 3.09. The minimum absolute atomic E-state index is 0.0674. The van der Waals surface area contributed by atoms with Crippen molar-refractivity contribution >= 4 is 11.8 Å². The molecule has 0 saturated carbocycles. The second-order valence-corrected chi connectivity index (χ2v) is 5.82. The highest BCUT2D eigenvalue weighted by Gasteiger charge is 2.36. The first-order valence-electron chi connectivity index (χ1n) is 6.70. The molecule has 0 amide bonds. The number of alkyl halides is 3. The van der Waals surface area contributed by atoms with E-state index in [1.54, 1.807) is 36.4 Å². The van der Waals surface area contributed by atoms with Crippen LogP contribution in [-0.2, 0) is 6.18 Å². The van der Waals surface area contributed by atoms with Crippen LogP contribution in [0.5, 0.6) is 0 Å². The topological polar surface area (TPSA) is 36.7 Å². The number of thioether (sulfide) groups is 1. The Kier molecular flexibility index (Phi) is 5.12. The monoisotopic (exact) mass is 334 g/mol. The van der Waals surface area contributed by atoms with Crippen molar-refractivity contribution in [1.82, 2.24) is 4.98 Å². The first-order chi connectivity index (χ1) is 10.9. The van der Waals surface area contributed by atoms with Crippen molar-refractivity contribution in [3.8, 4) is 17.3 Å². The summed E-state index contributed by atoms with van der Waals surface area (Å²) in [5.74, 6) is 0.371. The first-order valence-corrected chi connectivity index (χ1v) is 7.68. The van der Waals surface area contributed by atoms with Crippen molar-refractivity contribution in [3.05, 3.63) is 59.7 Å². The number of hydrogen-bond acceptors (Lipinski definition) is 3. The summed E-state index contributed by atoms with van der Waals surface area (Å²) in [6.45, 7) is 5.43. The van der Waals surface area contributed by atoms with Crippen LogP contribution >= 0.6 is 11.8 Å². The fraction of sp³-hybridized carbons (Fsp3) is 0.176. The van der Waals surface area contributed by atoms with Gasteiger partial charge >= 0.3 is 6.18 Å². The number of halogens is 3. The van der Waals surface area contributed by atoms with E-state index in [4.69, 9.17) is 5.26 Å². The first kappa shape index (κ1) is 17.1. The second-order valence-electron chi connectivity index (χ2n) is 4.81. The molecular formula is C17H13F3N2S. The van der Waals surface area contributed by atoms with Crippen LogP contribution in [0.4, 0.5) is 13.2 Å². The summed E-state index contributed by atoms with van der Waals surface area (Å²) in [6, 6.07) is 9.60. The fourth-order valence-corrected chi connectivity index (χ4v) is 2.71. The highest BCUT2D eigenvalue weighted by molar-refractivity contribution is 7.99. The molecular weight excluding hydrogens is 321 g/mol. The lowest BCUT2D eigenvalue weighted by atomic mass is 10.0. The van der Waals surface area contributed by atoms with Crippen LogP contribution in [0.25, 0.3) is 11.3 Å². The largest absolute Gasteiger partial charge is 0.417 e. The van der Waals surface area contributed by atoms with Gasteiger partial charge in [0.2, 0.25) is 0 Å². The van der Waals surface area contributed by atoms with E-state index in [-0.39, 0.29) is 10.7 Å². The summed E-state index contributed by atoms with van der Waals surface area (Å²) in [6.07, 6.45) is -3.06. The number of rotatable bonds is 4. The Hall–Kier alpha value is -2.26. The Morgan fingerprint density at radius 3 is 2.48 bits per heavy atom. The summed E-state index contributed by atoms with van der Waals surface area (Å²) < 4.78 is 39.9. The van der Waals surface area contributed by atoms with E-state index in [0.29, 0.717) is 11.3 Å². The maximum Gasteiger partial charge on any atom is 0.417 e. The molecule has 0 aliphatic heterocycles. The van der Waals surface area contributed by atoms with Gasteiger partial charge in [-0.05, 0) is 13.0 Å². The van der Waals surface area contributed by atoms with Crippen molar-refractivity contribution in [2.75, 3.05) is 5.75 Å². The second kappa shape index (κ2) is 6.88. The third-order valence-corrected chi connectivity index (χ3v) is 4.06. The summed E-state index contributed by atoms with van der Waals surface area (Å²) >= 11 is 1.06. The standard InChI is InChI=1S/C17H13F3N2S/c1-3-8-23-16-13(10-21)14(17(18,19)20)9-15(22-16)12-6-4-11(2)5-7-12/h3-7,9H,1,8H2,2H3. The zero-order valence-corrected chi connectivity index (χ0v) is 13.1. The Balaban J connectivity index is 2.66. The number of aromatic nitrogens is 1. The van der Waals surface area contributed by atoms with Crippen molar-refractivity contribution in [3.63, 3.8) is 0 Å². The quantitative estimate of drug-likeness (QED) is 0.568. The summed E-state index contributed by atoms with van der Waals surface area (Å²) in [7, 11) is 0. The average molecular weight is 334 g/mol. The number of nitrogens with zero attached hydrogens (tertiary/aromatic N) is 2. The number of nitriles is 1. The lowest BCUT2D eigenvalue weighted by molar-refractivity contribution is -0.138. The van der Waals surface area contributed by atoms with Crippen molar-refractivity contribution in [2.45, 2.75) is 18.1 Å². The normalized spacial score (nSPS) is 11.1. The van der Waals surface area contributed by atoms with Crippen molar-refractivity contribution < 1.29 is 13.2 Å². The molecule has 2 rings (SSSR count). The smallest absolute Gasteiger partial charge is 0.240 e. The molecule has 0 aliphatic rings. The SMILES string of the molecule is C=CCSc1nc(-c2ccc(C)cc2)cc(C(F)(F)F)c1C#N. The van der Waals surface area contributed by atoms with Gasteiger partial charge in [0.25, 0.3) is 0 Å². The van der Waals surface area contributed by atoms with E-state index in [1.165, 1.54) is 0 Å². The predicted octanol–water partition coefficient (Wildman–Crippen LogP) is 5.23. The van der Waals surface area contributed by atoms with E-state index in [1.807, 2.05) is 6.92 Å². The van der Waals surface area contributed by atoms with Crippen LogP contribution in [0.2, 0.25) is 0 Å². The summed E-state index contributed by atoms with van der Waals surface area (Å²) in [5, 5.41) is 9.20. The molecule has 0 spiro atoms. The van der Waals surface area contributed by atoms with Crippen molar-refractivity contribution in [2.24, 2.45) is 0 Å². The van der Waals surface area contributed by atoms with Gasteiger partial charge in [0, 0.05) is 11.3 Å². The lowest BCUT2D eigenvalue weighted by Crippen LogP contribution is -2.10. The molecule has 0 N–H and O–H groups in total. The molecule has 6 heteroatoms. The Bertz CT molecular complexity index is 759. The molecule has 23 heavy (non-hydrogen) atoms. The van der Waals surface area contributed by atoms with Gasteiger partial charge in [-0.3, -0.25) is 0 Å². The molecule has 2 aromatic rings. The molecule has 1 aromatic carbocycles. The van der Waals surface area contributed by atoms with Crippen molar-refractivity contribution in [1.29, 1.82) is 5.26 Å². The Morgan fingerprint density at radius 2 is 1.96 bits per heavy atom. The number of benzene rings is 1. The van der Waals surface area contributed by atoms with E-state index in [2.05, 4.69) is 11.6 Å². The number of pyridine rings is 1. The van der Waals surface area contributed by atoms with E-state index >= 15 is 0 Å². The van der Waals surface area contributed by atoms with Gasteiger partial charge in [-0.1, -0.05) is 35.9 Å². The van der Waals surface area contributed by atoms with Crippen LogP contribution in [0, 0.1) is 18.3 Å². The molecule has 118 valence electrons. The molecule has 0 unspecified atom stereocenters. The van der Waals surface area contributed by atoms with E-state index in [9.17, 15) is 13.2 Å². The average Bonchev–Trinajstić information content (AvgIpc) is 2.51. The Morgan fingerprint density at radius 1 is 1.30 bits per heavy atom. The zero-order valence-electron chi connectivity index (χ0n) is 12.3. The maximum absolute atomic E-state index is 13.3. The molecule has 0 aliphatic carbocycles. The van der Waals surface area contributed by atoms with Gasteiger partial charge in [0.15, 0.2) is 0 Å². The minimum Gasteiger partial charge on any atom is -0.240 e. The minimum atomic E-state index is -4.61. The molecule has 1 aromatic heterocycles. The van der Waals surface area contributed by atoms with Crippen LogP contribution in [0.15, 0.2) is 48.0 Å². The van der Waals surface area contributed by atoms with Crippen LogP contribution in [-0.4, -0.2) is 10.7 Å². The number of hydrogen-bond donors (Lipinski definition) is 0. The van der Waals surface area contributed by atoms with Gasteiger partial charge in [-0.2, -0.15) is 18.4 Å². The van der Waals surface area contributed by atoms with Gasteiger partial charge in [-0.15, -0.1) is 18.3 Å². The van der Waals surface area contributed by atoms with Gasteiger partial charge in [0.05, 0.1) is 16.8 Å².